The molecule has 3 aromatic rings. The minimum atomic E-state index is -0.0119. The van der Waals surface area contributed by atoms with Crippen LogP contribution in [0.25, 0.3) is 5.69 Å². The van der Waals surface area contributed by atoms with Crippen LogP contribution in [0.1, 0.15) is 17.5 Å². The summed E-state index contributed by atoms with van der Waals surface area (Å²) in [6.45, 7) is 4.44. The molecule has 3 rings (SSSR count). The molecule has 0 atom stereocenters. The van der Waals surface area contributed by atoms with Crippen LogP contribution in [0.3, 0.4) is 0 Å². The van der Waals surface area contributed by atoms with Crippen LogP contribution in [0.15, 0.2) is 60.0 Å². The fraction of sp³-hybridized carbons (Fsp3) is 0.318. The normalized spacial score (nSPS) is 11.1. The summed E-state index contributed by atoms with van der Waals surface area (Å²) >= 11 is 7.58. The summed E-state index contributed by atoms with van der Waals surface area (Å²) in [6, 6.07) is 16.2. The van der Waals surface area contributed by atoms with Gasteiger partial charge in [-0.15, -0.1) is 10.2 Å². The van der Waals surface area contributed by atoms with Gasteiger partial charge in [-0.3, -0.25) is 9.36 Å². The minimum Gasteiger partial charge on any atom is -0.355 e. The van der Waals surface area contributed by atoms with Gasteiger partial charge in [0.2, 0.25) is 5.91 Å². The summed E-state index contributed by atoms with van der Waals surface area (Å²) in [6.07, 6.45) is 2.53. The number of carbonyl (C=O) groups is 1. The van der Waals surface area contributed by atoms with Crippen molar-refractivity contribution in [1.82, 2.24) is 25.0 Å². The molecular weight excluding hydrogens is 418 g/mol. The molecule has 0 fully saturated rings. The van der Waals surface area contributed by atoms with E-state index in [9.17, 15) is 4.79 Å². The molecule has 1 heterocycles. The van der Waals surface area contributed by atoms with Crippen molar-refractivity contribution in [2.24, 2.45) is 0 Å². The van der Waals surface area contributed by atoms with Crippen LogP contribution in [0.5, 0.6) is 0 Å². The Bertz CT molecular complexity index is 963. The Morgan fingerprint density at radius 3 is 2.80 bits per heavy atom. The molecule has 1 amide bonds. The number of rotatable bonds is 10. The molecule has 6 nitrogen and oxygen atoms in total. The summed E-state index contributed by atoms with van der Waals surface area (Å²) in [5, 5.41) is 12.4. The molecule has 0 bridgehead atoms. The van der Waals surface area contributed by atoms with Gasteiger partial charge in [0.05, 0.1) is 11.4 Å². The second-order valence-electron chi connectivity index (χ2n) is 7.13. The summed E-state index contributed by atoms with van der Waals surface area (Å²) in [5.41, 5.74) is 3.18. The van der Waals surface area contributed by atoms with Gasteiger partial charge in [-0.25, -0.2) is 0 Å². The molecular formula is C22H26ClN5OS. The van der Waals surface area contributed by atoms with Crippen molar-refractivity contribution in [1.29, 1.82) is 0 Å². The summed E-state index contributed by atoms with van der Waals surface area (Å²) in [5.74, 6) is 0.278. The van der Waals surface area contributed by atoms with Crippen LogP contribution in [0.2, 0.25) is 5.02 Å². The maximum atomic E-state index is 12.2. The SMILES string of the molecule is Cc1ccc(-n2cnnc2SCC(=O)NCCCN(C)Cc2ccccc2)cc1Cl. The molecule has 1 N–H and O–H groups in total. The largest absolute Gasteiger partial charge is 0.355 e. The molecule has 0 saturated heterocycles. The van der Waals surface area contributed by atoms with Gasteiger partial charge in [-0.1, -0.05) is 59.8 Å². The van der Waals surface area contributed by atoms with Gasteiger partial charge in [-0.2, -0.15) is 0 Å². The number of halogens is 1. The maximum Gasteiger partial charge on any atom is 0.230 e. The Hall–Kier alpha value is -2.35. The zero-order chi connectivity index (χ0) is 21.3. The van der Waals surface area contributed by atoms with E-state index in [4.69, 9.17) is 11.6 Å². The molecule has 0 spiro atoms. The van der Waals surface area contributed by atoms with E-state index in [1.165, 1.54) is 17.3 Å². The van der Waals surface area contributed by atoms with Crippen LogP contribution in [-0.4, -0.2) is 51.5 Å². The summed E-state index contributed by atoms with van der Waals surface area (Å²) < 4.78 is 1.84. The lowest BCUT2D eigenvalue weighted by molar-refractivity contribution is -0.118. The third-order valence-corrected chi connectivity index (χ3v) is 5.97. The number of nitrogens with zero attached hydrogens (tertiary/aromatic N) is 4. The number of benzene rings is 2. The molecule has 0 aliphatic rings. The lowest BCUT2D eigenvalue weighted by atomic mass is 10.2. The molecule has 158 valence electrons. The first-order chi connectivity index (χ1) is 14.5. The lowest BCUT2D eigenvalue weighted by Gasteiger charge is -2.16. The van der Waals surface area contributed by atoms with E-state index < -0.39 is 0 Å². The van der Waals surface area contributed by atoms with E-state index in [-0.39, 0.29) is 11.7 Å². The Morgan fingerprint density at radius 2 is 2.03 bits per heavy atom. The molecule has 0 radical (unpaired) electrons. The Balaban J connectivity index is 1.39. The van der Waals surface area contributed by atoms with Crippen LogP contribution >= 0.6 is 23.4 Å². The molecule has 0 aliphatic heterocycles. The predicted molar refractivity (Wildman–Crippen MR) is 122 cm³/mol. The fourth-order valence-electron chi connectivity index (χ4n) is 2.96. The maximum absolute atomic E-state index is 12.2. The first-order valence-corrected chi connectivity index (χ1v) is 11.2. The van der Waals surface area contributed by atoms with Gasteiger partial charge < -0.3 is 10.2 Å². The molecule has 0 saturated carbocycles. The average molecular weight is 444 g/mol. The van der Waals surface area contributed by atoms with E-state index in [1.807, 2.05) is 35.8 Å². The number of hydrogen-bond acceptors (Lipinski definition) is 5. The van der Waals surface area contributed by atoms with Crippen molar-refractivity contribution in [2.75, 3.05) is 25.9 Å². The second kappa shape index (κ2) is 11.2. The zero-order valence-electron chi connectivity index (χ0n) is 17.2. The summed E-state index contributed by atoms with van der Waals surface area (Å²) in [7, 11) is 2.09. The van der Waals surface area contributed by atoms with Gasteiger partial charge in [0.1, 0.15) is 6.33 Å². The third kappa shape index (κ3) is 6.58. The molecule has 1 aromatic heterocycles. The smallest absolute Gasteiger partial charge is 0.230 e. The second-order valence-corrected chi connectivity index (χ2v) is 8.48. The molecule has 30 heavy (non-hydrogen) atoms. The number of carbonyl (C=O) groups excluding carboxylic acids is 1. The number of amides is 1. The predicted octanol–water partition coefficient (Wildman–Crippen LogP) is 3.96. The Morgan fingerprint density at radius 1 is 1.23 bits per heavy atom. The van der Waals surface area contributed by atoms with E-state index in [1.54, 1.807) is 6.33 Å². The van der Waals surface area contributed by atoms with Gasteiger partial charge in [-0.05, 0) is 50.2 Å². The van der Waals surface area contributed by atoms with Crippen molar-refractivity contribution in [3.05, 3.63) is 71.0 Å². The number of nitrogens with one attached hydrogen (secondary N) is 1. The van der Waals surface area contributed by atoms with Crippen molar-refractivity contribution in [3.63, 3.8) is 0 Å². The van der Waals surface area contributed by atoms with Gasteiger partial charge in [0, 0.05) is 18.1 Å². The van der Waals surface area contributed by atoms with Crippen LogP contribution < -0.4 is 5.32 Å². The van der Waals surface area contributed by atoms with E-state index in [2.05, 4.69) is 51.7 Å². The highest BCUT2D eigenvalue weighted by Crippen LogP contribution is 2.23. The Labute approximate surface area is 186 Å². The fourth-order valence-corrected chi connectivity index (χ4v) is 3.90. The van der Waals surface area contributed by atoms with Crippen molar-refractivity contribution in [2.45, 2.75) is 25.0 Å². The first-order valence-electron chi connectivity index (χ1n) is 9.81. The van der Waals surface area contributed by atoms with Gasteiger partial charge in [0.15, 0.2) is 5.16 Å². The highest BCUT2D eigenvalue weighted by molar-refractivity contribution is 7.99. The molecule has 0 unspecified atom stereocenters. The molecule has 8 heteroatoms. The number of aryl methyl sites for hydroxylation is 1. The number of thioether (sulfide) groups is 1. The first kappa shape index (κ1) is 22.3. The van der Waals surface area contributed by atoms with Crippen LogP contribution in [-0.2, 0) is 11.3 Å². The topological polar surface area (TPSA) is 63.1 Å². The third-order valence-electron chi connectivity index (χ3n) is 4.62. The van der Waals surface area contributed by atoms with Crippen LogP contribution in [0, 0.1) is 6.92 Å². The minimum absolute atomic E-state index is 0.0119. The number of aromatic nitrogens is 3. The van der Waals surface area contributed by atoms with Crippen molar-refractivity contribution in [3.8, 4) is 5.69 Å². The van der Waals surface area contributed by atoms with Gasteiger partial charge in [0.25, 0.3) is 0 Å². The van der Waals surface area contributed by atoms with Crippen molar-refractivity contribution < 1.29 is 4.79 Å². The zero-order valence-corrected chi connectivity index (χ0v) is 18.8. The average Bonchev–Trinajstić information content (AvgIpc) is 3.21. The van der Waals surface area contributed by atoms with Gasteiger partial charge >= 0.3 is 0 Å². The quantitative estimate of drug-likeness (QED) is 0.379. The van der Waals surface area contributed by atoms with E-state index in [0.29, 0.717) is 16.7 Å². The van der Waals surface area contributed by atoms with Crippen LogP contribution in [0.4, 0.5) is 0 Å². The van der Waals surface area contributed by atoms with E-state index in [0.717, 1.165) is 30.8 Å². The standard InChI is InChI=1S/C22H26ClN5OS/c1-17-9-10-19(13-20(17)23)28-16-25-26-22(28)30-15-21(29)24-11-6-12-27(2)14-18-7-4-3-5-8-18/h3-5,7-10,13,16H,6,11-12,14-15H2,1-2H3,(H,24,29). The monoisotopic (exact) mass is 443 g/mol. The summed E-state index contributed by atoms with van der Waals surface area (Å²) in [4.78, 5) is 14.5. The molecule has 2 aromatic carbocycles. The lowest BCUT2D eigenvalue weighted by Crippen LogP contribution is -2.29. The Kier molecular flexibility index (Phi) is 8.30. The highest BCUT2D eigenvalue weighted by Gasteiger charge is 2.11. The highest BCUT2D eigenvalue weighted by atomic mass is 35.5. The molecule has 0 aliphatic carbocycles. The number of hydrogen-bond donors (Lipinski definition) is 1. The van der Waals surface area contributed by atoms with Crippen molar-refractivity contribution >= 4 is 29.3 Å². The van der Waals surface area contributed by atoms with E-state index >= 15 is 0 Å².